The third-order valence-corrected chi connectivity index (χ3v) is 8.81. The summed E-state index contributed by atoms with van der Waals surface area (Å²) in [6.45, 7) is 9.60. The molecule has 0 fully saturated rings. The smallest absolute Gasteiger partial charge is 0.211 e. The molecule has 0 aromatic rings. The van der Waals surface area contributed by atoms with Crippen LogP contribution in [-0.4, -0.2) is 66.5 Å². The van der Waals surface area contributed by atoms with E-state index in [0.717, 1.165) is 77.9 Å². The Labute approximate surface area is 293 Å². The quantitative estimate of drug-likeness (QED) is 0.0440. The molecule has 0 saturated carbocycles. The number of nitrogens with two attached hydrogens (primary N) is 1. The predicted molar refractivity (Wildman–Crippen MR) is 201 cm³/mol. The van der Waals surface area contributed by atoms with Gasteiger partial charge in [-0.15, -0.1) is 49.6 Å². The molecule has 0 amide bonds. The first kappa shape index (κ1) is 53.4. The van der Waals surface area contributed by atoms with Gasteiger partial charge in [0.15, 0.2) is 0 Å². The van der Waals surface area contributed by atoms with E-state index in [1.54, 1.807) is 0 Å². The molecule has 0 aromatic heterocycles. The van der Waals surface area contributed by atoms with Gasteiger partial charge in [-0.2, -0.15) is 0 Å². The number of rotatable bonds is 34. The molecule has 0 radical (unpaired) electrons. The molecule has 0 saturated heterocycles. The molecule has 0 heterocycles. The van der Waals surface area contributed by atoms with Gasteiger partial charge in [-0.25, -0.2) is 13.1 Å². The first-order chi connectivity index (χ1) is 19.1. The summed E-state index contributed by atoms with van der Waals surface area (Å²) in [4.78, 5) is 0. The average molecular weight is 722 g/mol. The molecule has 43 heavy (non-hydrogen) atoms. The summed E-state index contributed by atoms with van der Waals surface area (Å²) < 4.78 is 27.1. The Morgan fingerprint density at radius 2 is 0.744 bits per heavy atom. The SMILES string of the molecule is CCCCCCCCCCCCCCCCCCS(=O)(=O)NCCCNCCCNCCCCNCCCN.Cl.Cl.Cl.Cl. The van der Waals surface area contributed by atoms with Gasteiger partial charge in [0.1, 0.15) is 0 Å². The normalized spacial score (nSPS) is 10.8. The van der Waals surface area contributed by atoms with Crippen LogP contribution >= 0.6 is 49.6 Å². The van der Waals surface area contributed by atoms with E-state index in [0.29, 0.717) is 6.54 Å². The molecule has 0 unspecified atom stereocenters. The summed E-state index contributed by atoms with van der Waals surface area (Å²) in [7, 11) is -3.12. The molecule has 0 atom stereocenters. The Bertz CT molecular complexity index is 540. The molecule has 268 valence electrons. The second-order valence-corrected chi connectivity index (χ2v) is 13.2. The Hall–Kier alpha value is 0.910. The maximum Gasteiger partial charge on any atom is 0.211 e. The van der Waals surface area contributed by atoms with E-state index in [9.17, 15) is 8.42 Å². The lowest BCUT2D eigenvalue weighted by Gasteiger charge is -2.08. The Morgan fingerprint density at radius 3 is 1.14 bits per heavy atom. The van der Waals surface area contributed by atoms with Gasteiger partial charge in [-0.3, -0.25) is 0 Å². The van der Waals surface area contributed by atoms with Crippen molar-refractivity contribution in [2.75, 3.05) is 58.1 Å². The number of nitrogens with one attached hydrogen (secondary N) is 4. The van der Waals surface area contributed by atoms with Crippen LogP contribution in [0.4, 0.5) is 0 Å². The molecule has 7 nitrogen and oxygen atoms in total. The van der Waals surface area contributed by atoms with Gasteiger partial charge in [0.2, 0.25) is 10.0 Å². The van der Waals surface area contributed by atoms with Crippen molar-refractivity contribution < 1.29 is 8.42 Å². The fraction of sp³-hybridized carbons (Fsp3) is 1.00. The van der Waals surface area contributed by atoms with Crippen LogP contribution < -0.4 is 26.4 Å². The molecular weight excluding hydrogens is 648 g/mol. The zero-order chi connectivity index (χ0) is 28.5. The Morgan fingerprint density at radius 1 is 0.419 bits per heavy atom. The Kier molecular flexibility index (Phi) is 55.9. The predicted octanol–water partition coefficient (Wildman–Crippen LogP) is 7.53. The molecule has 0 aromatic carbocycles. The van der Waals surface area contributed by atoms with E-state index in [1.807, 2.05) is 0 Å². The lowest BCUT2D eigenvalue weighted by atomic mass is 10.0. The standard InChI is InChI=1S/C31H69N5O2S.4ClH/c1-2-3-4-5-6-7-8-9-10-11-12-13-14-15-16-19-31-39(37,38)36-30-22-29-35-28-21-27-34-25-18-17-24-33-26-20-23-32;;;;/h33-36H,2-32H2,1H3;4*1H. The first-order valence-electron chi connectivity index (χ1n) is 16.9. The lowest BCUT2D eigenvalue weighted by Crippen LogP contribution is -2.30. The highest BCUT2D eigenvalue weighted by atomic mass is 35.5. The number of hydrogen-bond donors (Lipinski definition) is 5. The van der Waals surface area contributed by atoms with Gasteiger partial charge in [-0.05, 0) is 84.3 Å². The van der Waals surface area contributed by atoms with Crippen molar-refractivity contribution in [3.8, 4) is 0 Å². The van der Waals surface area contributed by atoms with E-state index in [-0.39, 0.29) is 55.4 Å². The van der Waals surface area contributed by atoms with Crippen LogP contribution in [-0.2, 0) is 10.0 Å². The van der Waals surface area contributed by atoms with Gasteiger partial charge in [0.25, 0.3) is 0 Å². The van der Waals surface area contributed by atoms with Crippen LogP contribution in [0.15, 0.2) is 0 Å². The zero-order valence-corrected chi connectivity index (χ0v) is 31.7. The fourth-order valence-electron chi connectivity index (χ4n) is 4.79. The molecule has 0 aliphatic heterocycles. The molecule has 0 spiro atoms. The minimum absolute atomic E-state index is 0. The van der Waals surface area contributed by atoms with Gasteiger partial charge < -0.3 is 21.7 Å². The van der Waals surface area contributed by atoms with E-state index in [1.165, 1.54) is 103 Å². The maximum atomic E-state index is 12.2. The van der Waals surface area contributed by atoms with E-state index in [2.05, 4.69) is 27.6 Å². The second kappa shape index (κ2) is 45.0. The van der Waals surface area contributed by atoms with Crippen molar-refractivity contribution in [2.45, 2.75) is 142 Å². The molecular formula is C31H73Cl4N5O2S. The first-order valence-corrected chi connectivity index (χ1v) is 18.6. The van der Waals surface area contributed by atoms with Crippen molar-refractivity contribution >= 4 is 59.7 Å². The molecule has 0 bridgehead atoms. The van der Waals surface area contributed by atoms with Crippen LogP contribution in [0.1, 0.15) is 142 Å². The summed E-state index contributed by atoms with van der Waals surface area (Å²) >= 11 is 0. The van der Waals surface area contributed by atoms with Crippen LogP contribution in [0.2, 0.25) is 0 Å². The van der Waals surface area contributed by atoms with E-state index < -0.39 is 10.0 Å². The summed E-state index contributed by atoms with van der Waals surface area (Å²) in [5.41, 5.74) is 5.47. The Balaban J connectivity index is -0.00000120. The van der Waals surface area contributed by atoms with Gasteiger partial charge in [-0.1, -0.05) is 103 Å². The van der Waals surface area contributed by atoms with Gasteiger partial charge >= 0.3 is 0 Å². The molecule has 6 N–H and O–H groups in total. The number of sulfonamides is 1. The van der Waals surface area contributed by atoms with Crippen LogP contribution in [0, 0.1) is 0 Å². The third kappa shape index (κ3) is 47.4. The minimum Gasteiger partial charge on any atom is -0.330 e. The monoisotopic (exact) mass is 719 g/mol. The summed E-state index contributed by atoms with van der Waals surface area (Å²) in [6.07, 6.45) is 26.3. The highest BCUT2D eigenvalue weighted by Gasteiger charge is 2.08. The summed E-state index contributed by atoms with van der Waals surface area (Å²) in [6, 6.07) is 0. The summed E-state index contributed by atoms with van der Waals surface area (Å²) in [5.74, 6) is 0.272. The fourth-order valence-corrected chi connectivity index (χ4v) is 5.98. The van der Waals surface area contributed by atoms with Crippen molar-refractivity contribution in [3.05, 3.63) is 0 Å². The van der Waals surface area contributed by atoms with Crippen molar-refractivity contribution in [2.24, 2.45) is 5.73 Å². The zero-order valence-electron chi connectivity index (χ0n) is 27.6. The van der Waals surface area contributed by atoms with Crippen molar-refractivity contribution in [1.29, 1.82) is 0 Å². The van der Waals surface area contributed by atoms with Gasteiger partial charge in [0.05, 0.1) is 5.75 Å². The molecule has 0 aliphatic rings. The minimum atomic E-state index is -3.12. The third-order valence-electron chi connectivity index (χ3n) is 7.34. The molecule has 0 rings (SSSR count). The largest absolute Gasteiger partial charge is 0.330 e. The van der Waals surface area contributed by atoms with Crippen molar-refractivity contribution in [1.82, 2.24) is 20.7 Å². The number of unbranched alkanes of at least 4 members (excludes halogenated alkanes) is 16. The highest BCUT2D eigenvalue weighted by molar-refractivity contribution is 7.89. The van der Waals surface area contributed by atoms with Crippen molar-refractivity contribution in [3.63, 3.8) is 0 Å². The summed E-state index contributed by atoms with van der Waals surface area (Å²) in [5, 5.41) is 10.3. The molecule has 0 aliphatic carbocycles. The molecule has 12 heteroatoms. The van der Waals surface area contributed by atoms with Crippen LogP contribution in [0.5, 0.6) is 0 Å². The average Bonchev–Trinajstić information content (AvgIpc) is 2.92. The van der Waals surface area contributed by atoms with E-state index in [4.69, 9.17) is 5.73 Å². The number of halogens is 4. The number of hydrogen-bond acceptors (Lipinski definition) is 6. The lowest BCUT2D eigenvalue weighted by molar-refractivity contribution is 0.530. The van der Waals surface area contributed by atoms with E-state index >= 15 is 0 Å². The van der Waals surface area contributed by atoms with Crippen LogP contribution in [0.25, 0.3) is 0 Å². The maximum absolute atomic E-state index is 12.2. The van der Waals surface area contributed by atoms with Gasteiger partial charge in [0, 0.05) is 6.54 Å². The van der Waals surface area contributed by atoms with Crippen LogP contribution in [0.3, 0.4) is 0 Å². The topological polar surface area (TPSA) is 108 Å². The second-order valence-electron chi connectivity index (χ2n) is 11.3. The highest BCUT2D eigenvalue weighted by Crippen LogP contribution is 2.13.